The van der Waals surface area contributed by atoms with Crippen molar-refractivity contribution in [2.75, 3.05) is 33.1 Å². The van der Waals surface area contributed by atoms with Gasteiger partial charge >= 0.3 is 0 Å². The number of aliphatic hydroxyl groups excluding tert-OH is 2. The van der Waals surface area contributed by atoms with Gasteiger partial charge in [-0.15, -0.1) is 0 Å². The molecule has 9 nitrogen and oxygen atoms in total. The number of primary amides is 1. The molecule has 5 N–H and O–H groups in total. The predicted octanol–water partition coefficient (Wildman–Crippen LogP) is 0.237. The number of fused-ring (bicyclic) bond motifs is 3. The maximum atomic E-state index is 13.5. The molecule has 6 atom stereocenters. The van der Waals surface area contributed by atoms with E-state index in [-0.39, 0.29) is 28.6 Å². The van der Waals surface area contributed by atoms with Crippen LogP contribution in [0, 0.1) is 23.7 Å². The second-order valence-corrected chi connectivity index (χ2v) is 9.49. The van der Waals surface area contributed by atoms with Crippen LogP contribution in [0.15, 0.2) is 23.5 Å². The van der Waals surface area contributed by atoms with Crippen LogP contribution in [0.1, 0.15) is 22.3 Å². The van der Waals surface area contributed by atoms with Crippen molar-refractivity contribution >= 4 is 23.2 Å². The third-order valence-electron chi connectivity index (χ3n) is 7.28. The third-order valence-corrected chi connectivity index (χ3v) is 7.28. The maximum absolute atomic E-state index is 13.5. The summed E-state index contributed by atoms with van der Waals surface area (Å²) >= 11 is 0. The van der Waals surface area contributed by atoms with E-state index in [1.54, 1.807) is 25.1 Å². The van der Waals surface area contributed by atoms with Crippen molar-refractivity contribution in [3.63, 3.8) is 0 Å². The highest BCUT2D eigenvalue weighted by Gasteiger charge is 2.58. The van der Waals surface area contributed by atoms with Gasteiger partial charge in [-0.05, 0) is 56.5 Å². The molecule has 0 aliphatic heterocycles. The fraction of sp³-hybridized carbons (Fsp3) is 0.522. The molecule has 0 aromatic heterocycles. The van der Waals surface area contributed by atoms with E-state index in [2.05, 4.69) is 0 Å². The second-order valence-electron chi connectivity index (χ2n) is 9.49. The maximum Gasteiger partial charge on any atom is 0.230 e. The molecule has 4 rings (SSSR count). The number of allylic oxidation sites excluding steroid dienone is 2. The molecular weight excluding hydrogens is 414 g/mol. The molecule has 1 saturated carbocycles. The Kier molecular flexibility index (Phi) is 5.29. The number of phenolic OH excluding ortho intramolecular Hbond substituents is 1. The number of ketones is 2. The van der Waals surface area contributed by atoms with E-state index in [0.29, 0.717) is 18.4 Å². The summed E-state index contributed by atoms with van der Waals surface area (Å²) in [6, 6.07) is 2.59. The Bertz CT molecular complexity index is 1050. The highest BCUT2D eigenvalue weighted by Crippen LogP contribution is 2.51. The topological polar surface area (TPSA) is 144 Å². The van der Waals surface area contributed by atoms with Crippen molar-refractivity contribution in [1.82, 2.24) is 4.90 Å². The van der Waals surface area contributed by atoms with Gasteiger partial charge in [-0.2, -0.15) is 0 Å². The number of likely N-dealkylation sites (N-methyl/N-ethyl adjacent to an activating group) is 1. The van der Waals surface area contributed by atoms with Gasteiger partial charge in [0.05, 0.1) is 17.6 Å². The number of hydrogen-bond donors (Lipinski definition) is 4. The molecule has 0 saturated heterocycles. The number of aromatic hydroxyl groups is 1. The SMILES string of the molecule is CN(C)c1ccc(O)c2c1CC1CC3C(C(=O)C(C(N)=O)C(O)[C@H]3N(C)C)C(O)=C1C2=O. The standard InChI is InChI=1S/C23H29N3O6/c1-25(2)12-5-6-13(27)15-10(12)7-9-8-11-16(20(29)14(9)19(15)28)21(30)17(23(24)32)22(31)18(11)26(3)4/h5-6,9,11,16-18,22,27,29,31H,7-8H2,1-4H3,(H2,24,32)/t9?,11?,16?,17?,18-,22?/m0/s1. The van der Waals surface area contributed by atoms with Crippen LogP contribution in [0.2, 0.25) is 0 Å². The van der Waals surface area contributed by atoms with Crippen LogP contribution in [0.3, 0.4) is 0 Å². The molecule has 1 aromatic rings. The van der Waals surface area contributed by atoms with Crippen LogP contribution in [0.25, 0.3) is 0 Å². The fourth-order valence-corrected chi connectivity index (χ4v) is 6.02. The number of phenols is 1. The Morgan fingerprint density at radius 3 is 2.34 bits per heavy atom. The van der Waals surface area contributed by atoms with E-state index >= 15 is 0 Å². The van der Waals surface area contributed by atoms with Gasteiger partial charge in [0.15, 0.2) is 11.6 Å². The summed E-state index contributed by atoms with van der Waals surface area (Å²) in [7, 11) is 7.16. The van der Waals surface area contributed by atoms with Gasteiger partial charge in [-0.3, -0.25) is 14.4 Å². The number of hydrogen-bond acceptors (Lipinski definition) is 8. The Morgan fingerprint density at radius 2 is 1.78 bits per heavy atom. The van der Waals surface area contributed by atoms with Crippen molar-refractivity contribution in [3.8, 4) is 5.75 Å². The molecule has 5 unspecified atom stereocenters. The first-order valence-electron chi connectivity index (χ1n) is 10.6. The zero-order chi connectivity index (χ0) is 23.6. The third kappa shape index (κ3) is 3.02. The Balaban J connectivity index is 1.89. The number of anilines is 1. The zero-order valence-electron chi connectivity index (χ0n) is 18.6. The molecule has 32 heavy (non-hydrogen) atoms. The lowest BCUT2D eigenvalue weighted by molar-refractivity contribution is -0.152. The van der Waals surface area contributed by atoms with Gasteiger partial charge in [-0.1, -0.05) is 0 Å². The van der Waals surface area contributed by atoms with Crippen molar-refractivity contribution in [2.24, 2.45) is 29.4 Å². The van der Waals surface area contributed by atoms with Crippen molar-refractivity contribution in [3.05, 3.63) is 34.6 Å². The van der Waals surface area contributed by atoms with E-state index in [0.717, 1.165) is 5.69 Å². The summed E-state index contributed by atoms with van der Waals surface area (Å²) in [5.74, 6) is -6.14. The van der Waals surface area contributed by atoms with Crippen LogP contribution in [-0.2, 0) is 16.0 Å². The largest absolute Gasteiger partial charge is 0.511 e. The molecular formula is C23H29N3O6. The van der Waals surface area contributed by atoms with E-state index in [4.69, 9.17) is 5.73 Å². The smallest absolute Gasteiger partial charge is 0.230 e. The predicted molar refractivity (Wildman–Crippen MR) is 116 cm³/mol. The monoisotopic (exact) mass is 443 g/mol. The number of nitrogens with zero attached hydrogens (tertiary/aromatic N) is 2. The van der Waals surface area contributed by atoms with Crippen molar-refractivity contribution in [2.45, 2.75) is 25.0 Å². The van der Waals surface area contributed by atoms with Crippen LogP contribution >= 0.6 is 0 Å². The molecule has 0 bridgehead atoms. The second kappa shape index (κ2) is 7.60. The van der Waals surface area contributed by atoms with Gasteiger partial charge in [0.25, 0.3) is 0 Å². The van der Waals surface area contributed by atoms with Crippen LogP contribution in [-0.4, -0.2) is 78.0 Å². The van der Waals surface area contributed by atoms with E-state index in [9.17, 15) is 29.7 Å². The molecule has 1 aromatic carbocycles. The lowest BCUT2D eigenvalue weighted by atomic mass is 9.58. The highest BCUT2D eigenvalue weighted by molar-refractivity contribution is 6.15. The zero-order valence-corrected chi connectivity index (χ0v) is 18.6. The van der Waals surface area contributed by atoms with Gasteiger partial charge in [0.2, 0.25) is 5.91 Å². The molecule has 172 valence electrons. The van der Waals surface area contributed by atoms with Gasteiger partial charge < -0.3 is 30.9 Å². The fourth-order valence-electron chi connectivity index (χ4n) is 6.02. The number of carbonyl (C=O) groups excluding carboxylic acids is 3. The molecule has 0 radical (unpaired) electrons. The number of aliphatic hydroxyl groups is 2. The number of Topliss-reactive ketones (excluding diaryl/α,β-unsaturated/α-hetero) is 2. The minimum atomic E-state index is -1.47. The molecule has 1 fully saturated rings. The lowest BCUT2D eigenvalue weighted by Crippen LogP contribution is -2.63. The molecule has 0 heterocycles. The summed E-state index contributed by atoms with van der Waals surface area (Å²) in [6.45, 7) is 0. The van der Waals surface area contributed by atoms with Crippen molar-refractivity contribution < 1.29 is 29.7 Å². The summed E-state index contributed by atoms with van der Waals surface area (Å²) in [4.78, 5) is 42.3. The summed E-state index contributed by atoms with van der Waals surface area (Å²) in [5.41, 5.74) is 7.15. The van der Waals surface area contributed by atoms with Gasteiger partial charge in [0.1, 0.15) is 17.4 Å². The number of benzene rings is 1. The van der Waals surface area contributed by atoms with E-state index < -0.39 is 47.4 Å². The van der Waals surface area contributed by atoms with Gasteiger partial charge in [0, 0.05) is 31.4 Å². The Morgan fingerprint density at radius 1 is 1.12 bits per heavy atom. The number of carbonyl (C=O) groups is 3. The summed E-state index contributed by atoms with van der Waals surface area (Å²) in [5, 5.41) is 32.5. The number of nitrogens with two attached hydrogens (primary N) is 1. The van der Waals surface area contributed by atoms with Crippen LogP contribution in [0.5, 0.6) is 5.75 Å². The summed E-state index contributed by atoms with van der Waals surface area (Å²) in [6.07, 6.45) is -0.539. The van der Waals surface area contributed by atoms with Crippen molar-refractivity contribution in [1.29, 1.82) is 0 Å². The number of rotatable bonds is 3. The molecule has 9 heteroatoms. The first-order valence-corrected chi connectivity index (χ1v) is 10.6. The average molecular weight is 444 g/mol. The van der Waals surface area contributed by atoms with Gasteiger partial charge in [-0.25, -0.2) is 0 Å². The molecule has 0 spiro atoms. The molecule has 1 amide bonds. The van der Waals surface area contributed by atoms with E-state index in [1.807, 2.05) is 19.0 Å². The molecule has 3 aliphatic carbocycles. The highest BCUT2D eigenvalue weighted by atomic mass is 16.3. The minimum absolute atomic E-state index is 0.107. The molecule has 3 aliphatic rings. The Hall–Kier alpha value is -2.91. The Labute approximate surface area is 186 Å². The first kappa shape index (κ1) is 22.3. The summed E-state index contributed by atoms with van der Waals surface area (Å²) < 4.78 is 0. The average Bonchev–Trinajstić information content (AvgIpc) is 2.66. The van der Waals surface area contributed by atoms with Crippen LogP contribution < -0.4 is 10.6 Å². The normalized spacial score (nSPS) is 31.8. The minimum Gasteiger partial charge on any atom is -0.511 e. The quantitative estimate of drug-likeness (QED) is 0.486. The first-order chi connectivity index (χ1) is 15.0. The lowest BCUT2D eigenvalue weighted by Gasteiger charge is -2.50. The van der Waals surface area contributed by atoms with Crippen LogP contribution in [0.4, 0.5) is 5.69 Å². The van der Waals surface area contributed by atoms with E-state index in [1.165, 1.54) is 6.07 Å². The number of amides is 1.